The van der Waals surface area contributed by atoms with Gasteiger partial charge in [-0.3, -0.25) is 20.4 Å². The van der Waals surface area contributed by atoms with E-state index < -0.39 is 5.91 Å². The molecule has 0 unspecified atom stereocenters. The maximum absolute atomic E-state index is 12.4. The number of nitrogens with one attached hydrogen (secondary N) is 2. The van der Waals surface area contributed by atoms with Gasteiger partial charge >= 0.3 is 0 Å². The SMILES string of the molecule is Cc1cc2occ(CC(=O)NNC(=O)c3ccc4c(c3)OCO4)c2cc1C(C)C. The van der Waals surface area contributed by atoms with Crippen molar-refractivity contribution in [2.45, 2.75) is 33.1 Å². The number of ether oxygens (including phenoxy) is 2. The third kappa shape index (κ3) is 3.76. The summed E-state index contributed by atoms with van der Waals surface area (Å²) in [5.74, 6) is 0.690. The maximum atomic E-state index is 12.4. The first-order valence-corrected chi connectivity index (χ1v) is 9.42. The lowest BCUT2D eigenvalue weighted by molar-refractivity contribution is -0.121. The van der Waals surface area contributed by atoms with E-state index in [1.807, 2.05) is 6.07 Å². The fourth-order valence-electron chi connectivity index (χ4n) is 3.46. The van der Waals surface area contributed by atoms with Crippen LogP contribution in [-0.2, 0) is 11.2 Å². The molecule has 3 aromatic rings. The monoisotopic (exact) mass is 394 g/mol. The van der Waals surface area contributed by atoms with E-state index in [1.165, 1.54) is 5.56 Å². The molecule has 150 valence electrons. The fraction of sp³-hybridized carbons (Fsp3) is 0.273. The van der Waals surface area contributed by atoms with Crippen LogP contribution in [0.5, 0.6) is 11.5 Å². The third-order valence-corrected chi connectivity index (χ3v) is 4.97. The molecule has 0 spiro atoms. The Morgan fingerprint density at radius 2 is 1.86 bits per heavy atom. The second-order valence-electron chi connectivity index (χ2n) is 7.37. The van der Waals surface area contributed by atoms with Crippen LogP contribution >= 0.6 is 0 Å². The minimum atomic E-state index is -0.438. The molecule has 0 atom stereocenters. The molecular weight excluding hydrogens is 372 g/mol. The molecule has 0 radical (unpaired) electrons. The largest absolute Gasteiger partial charge is 0.464 e. The highest BCUT2D eigenvalue weighted by Crippen LogP contribution is 2.32. The Hall–Kier alpha value is -3.48. The first-order valence-electron chi connectivity index (χ1n) is 9.42. The highest BCUT2D eigenvalue weighted by Gasteiger charge is 2.17. The van der Waals surface area contributed by atoms with E-state index in [9.17, 15) is 9.59 Å². The number of hydrazine groups is 1. The van der Waals surface area contributed by atoms with E-state index in [-0.39, 0.29) is 19.1 Å². The molecule has 0 saturated carbocycles. The van der Waals surface area contributed by atoms with Crippen LogP contribution in [0.4, 0.5) is 0 Å². The summed E-state index contributed by atoms with van der Waals surface area (Å²) in [6, 6.07) is 8.91. The minimum Gasteiger partial charge on any atom is -0.464 e. The van der Waals surface area contributed by atoms with Gasteiger partial charge in [-0.05, 0) is 54.3 Å². The van der Waals surface area contributed by atoms with Gasteiger partial charge in [-0.2, -0.15) is 0 Å². The summed E-state index contributed by atoms with van der Waals surface area (Å²) in [4.78, 5) is 24.6. The lowest BCUT2D eigenvalue weighted by Crippen LogP contribution is -2.42. The van der Waals surface area contributed by atoms with Gasteiger partial charge in [0.05, 0.1) is 12.7 Å². The van der Waals surface area contributed by atoms with E-state index in [0.29, 0.717) is 23.0 Å². The number of furan rings is 1. The zero-order valence-electron chi connectivity index (χ0n) is 16.5. The first kappa shape index (κ1) is 18.9. The summed E-state index contributed by atoms with van der Waals surface area (Å²) in [5.41, 5.74) is 9.14. The molecule has 2 amide bonds. The van der Waals surface area contributed by atoms with E-state index in [2.05, 4.69) is 37.7 Å². The molecule has 7 nitrogen and oxygen atoms in total. The second kappa shape index (κ2) is 7.50. The molecule has 0 fully saturated rings. The van der Waals surface area contributed by atoms with Gasteiger partial charge in [0.25, 0.3) is 5.91 Å². The van der Waals surface area contributed by atoms with Crippen molar-refractivity contribution in [1.29, 1.82) is 0 Å². The van der Waals surface area contributed by atoms with Crippen molar-refractivity contribution < 1.29 is 23.5 Å². The van der Waals surface area contributed by atoms with Crippen molar-refractivity contribution in [3.8, 4) is 11.5 Å². The van der Waals surface area contributed by atoms with Crippen LogP contribution in [-0.4, -0.2) is 18.6 Å². The third-order valence-electron chi connectivity index (χ3n) is 4.97. The van der Waals surface area contributed by atoms with Crippen molar-refractivity contribution >= 4 is 22.8 Å². The number of hydrogen-bond acceptors (Lipinski definition) is 5. The van der Waals surface area contributed by atoms with E-state index in [1.54, 1.807) is 24.5 Å². The molecule has 2 aromatic carbocycles. The Balaban J connectivity index is 1.42. The summed E-state index contributed by atoms with van der Waals surface area (Å²) < 4.78 is 16.1. The zero-order valence-corrected chi connectivity index (χ0v) is 16.5. The van der Waals surface area contributed by atoms with Crippen molar-refractivity contribution in [2.24, 2.45) is 0 Å². The number of carbonyl (C=O) groups excluding carboxylic acids is 2. The van der Waals surface area contributed by atoms with Crippen LogP contribution in [0, 0.1) is 6.92 Å². The number of rotatable bonds is 4. The van der Waals surface area contributed by atoms with Gasteiger partial charge in [-0.1, -0.05) is 13.8 Å². The highest BCUT2D eigenvalue weighted by molar-refractivity contribution is 5.96. The van der Waals surface area contributed by atoms with Crippen LogP contribution in [0.1, 0.15) is 46.8 Å². The molecule has 4 rings (SSSR count). The number of benzene rings is 2. The average Bonchev–Trinajstić information content (AvgIpc) is 3.31. The number of carbonyl (C=O) groups is 2. The van der Waals surface area contributed by atoms with Crippen molar-refractivity contribution in [2.75, 3.05) is 6.79 Å². The summed E-state index contributed by atoms with van der Waals surface area (Å²) >= 11 is 0. The minimum absolute atomic E-state index is 0.0923. The molecule has 0 saturated heterocycles. The Morgan fingerprint density at radius 3 is 2.66 bits per heavy atom. The van der Waals surface area contributed by atoms with Gasteiger partial charge in [-0.15, -0.1) is 0 Å². The van der Waals surface area contributed by atoms with Crippen LogP contribution in [0.2, 0.25) is 0 Å². The molecule has 1 aromatic heterocycles. The Labute approximate surface area is 167 Å². The molecule has 2 heterocycles. The molecule has 1 aliphatic rings. The quantitative estimate of drug-likeness (QED) is 0.660. The molecule has 2 N–H and O–H groups in total. The molecule has 0 aliphatic carbocycles. The number of amides is 2. The van der Waals surface area contributed by atoms with Crippen LogP contribution in [0.15, 0.2) is 41.0 Å². The van der Waals surface area contributed by atoms with Crippen molar-refractivity contribution in [3.05, 3.63) is 58.8 Å². The van der Waals surface area contributed by atoms with Crippen LogP contribution in [0.3, 0.4) is 0 Å². The average molecular weight is 394 g/mol. The van der Waals surface area contributed by atoms with Gasteiger partial charge in [0.1, 0.15) is 5.58 Å². The van der Waals surface area contributed by atoms with Gasteiger partial charge in [0.2, 0.25) is 12.7 Å². The summed E-state index contributed by atoms with van der Waals surface area (Å²) in [7, 11) is 0. The standard InChI is InChI=1S/C22H22N2O5/c1-12(2)16-9-17-15(10-27-19(17)6-13(16)3)8-21(25)23-24-22(26)14-4-5-18-20(7-14)29-11-28-18/h4-7,9-10,12H,8,11H2,1-3H3,(H,23,25)(H,24,26). The molecule has 7 heteroatoms. The predicted molar refractivity (Wildman–Crippen MR) is 107 cm³/mol. The van der Waals surface area contributed by atoms with Crippen LogP contribution in [0.25, 0.3) is 11.0 Å². The second-order valence-corrected chi connectivity index (χ2v) is 7.37. The van der Waals surface area contributed by atoms with Crippen molar-refractivity contribution in [3.63, 3.8) is 0 Å². The van der Waals surface area contributed by atoms with Gasteiger partial charge in [-0.25, -0.2) is 0 Å². The van der Waals surface area contributed by atoms with E-state index >= 15 is 0 Å². The maximum Gasteiger partial charge on any atom is 0.269 e. The number of aryl methyl sites for hydroxylation is 1. The highest BCUT2D eigenvalue weighted by atomic mass is 16.7. The number of fused-ring (bicyclic) bond motifs is 2. The van der Waals surface area contributed by atoms with E-state index in [4.69, 9.17) is 13.9 Å². The summed E-state index contributed by atoms with van der Waals surface area (Å²) in [5, 5.41) is 0.913. The molecular formula is C22H22N2O5. The summed E-state index contributed by atoms with van der Waals surface area (Å²) in [6.45, 7) is 6.45. The summed E-state index contributed by atoms with van der Waals surface area (Å²) in [6.07, 6.45) is 1.68. The molecule has 1 aliphatic heterocycles. The lowest BCUT2D eigenvalue weighted by Gasteiger charge is -2.10. The fourth-order valence-corrected chi connectivity index (χ4v) is 3.46. The smallest absolute Gasteiger partial charge is 0.269 e. The lowest BCUT2D eigenvalue weighted by atomic mass is 9.95. The van der Waals surface area contributed by atoms with Gasteiger partial charge in [0.15, 0.2) is 11.5 Å². The van der Waals surface area contributed by atoms with E-state index in [0.717, 1.165) is 22.1 Å². The predicted octanol–water partition coefficient (Wildman–Crippen LogP) is 3.60. The van der Waals surface area contributed by atoms with Crippen LogP contribution < -0.4 is 20.3 Å². The molecule has 0 bridgehead atoms. The topological polar surface area (TPSA) is 89.8 Å². The first-order chi connectivity index (χ1) is 13.9. The number of hydrogen-bond donors (Lipinski definition) is 2. The Kier molecular flexibility index (Phi) is 4.88. The Morgan fingerprint density at radius 1 is 1.07 bits per heavy atom. The normalized spacial score (nSPS) is 12.4. The van der Waals surface area contributed by atoms with Gasteiger partial charge < -0.3 is 13.9 Å². The molecule has 29 heavy (non-hydrogen) atoms. The van der Waals surface area contributed by atoms with Crippen molar-refractivity contribution in [1.82, 2.24) is 10.9 Å². The Bertz CT molecular complexity index is 1100. The van der Waals surface area contributed by atoms with Gasteiger partial charge in [0, 0.05) is 16.5 Å². The zero-order chi connectivity index (χ0) is 20.5.